The predicted molar refractivity (Wildman–Crippen MR) is 114 cm³/mol. The summed E-state index contributed by atoms with van der Waals surface area (Å²) in [6, 6.07) is 16.6. The Bertz CT molecular complexity index is 1130. The van der Waals surface area contributed by atoms with Gasteiger partial charge in [-0.3, -0.25) is 0 Å². The molecule has 4 rings (SSSR count). The summed E-state index contributed by atoms with van der Waals surface area (Å²) in [6.45, 7) is 0.767. The molecule has 0 fully saturated rings. The van der Waals surface area contributed by atoms with Crippen LogP contribution >= 0.6 is 11.3 Å². The van der Waals surface area contributed by atoms with Gasteiger partial charge in [-0.1, -0.05) is 12.1 Å². The van der Waals surface area contributed by atoms with Crippen molar-refractivity contribution in [3.05, 3.63) is 100 Å². The standard InChI is InChI=1S/C23H19FN2O4S/c24-16-7-9-18(10-8-16)29-14-22-26-17(15-31-22)13-30-23(27)20-5-1-2-6-21(20)25-12-19-4-3-11-28-19/h1-11,15,25H,12-14H2. The zero-order valence-corrected chi connectivity index (χ0v) is 17.2. The molecule has 0 radical (unpaired) electrons. The lowest BCUT2D eigenvalue weighted by Gasteiger charge is -2.10. The third kappa shape index (κ3) is 5.70. The zero-order valence-electron chi connectivity index (χ0n) is 16.4. The van der Waals surface area contributed by atoms with E-state index in [-0.39, 0.29) is 19.0 Å². The molecule has 0 saturated heterocycles. The molecule has 6 nitrogen and oxygen atoms in total. The summed E-state index contributed by atoms with van der Waals surface area (Å²) in [5.74, 6) is 0.562. The van der Waals surface area contributed by atoms with Crippen LogP contribution in [0.15, 0.2) is 76.7 Å². The van der Waals surface area contributed by atoms with Gasteiger partial charge in [0.2, 0.25) is 0 Å². The second-order valence-corrected chi connectivity index (χ2v) is 7.47. The van der Waals surface area contributed by atoms with Crippen molar-refractivity contribution in [1.82, 2.24) is 4.98 Å². The molecule has 0 bridgehead atoms. The van der Waals surface area contributed by atoms with E-state index in [1.54, 1.807) is 30.5 Å². The first-order chi connectivity index (χ1) is 15.2. The van der Waals surface area contributed by atoms with E-state index in [1.165, 1.54) is 23.5 Å². The molecular formula is C23H19FN2O4S. The highest BCUT2D eigenvalue weighted by Gasteiger charge is 2.14. The lowest BCUT2D eigenvalue weighted by atomic mass is 10.2. The molecule has 2 heterocycles. The number of carbonyl (C=O) groups excluding carboxylic acids is 1. The lowest BCUT2D eigenvalue weighted by Crippen LogP contribution is -2.10. The number of hydrogen-bond donors (Lipinski definition) is 1. The molecule has 0 spiro atoms. The molecule has 0 aliphatic heterocycles. The maximum Gasteiger partial charge on any atom is 0.340 e. The fraction of sp³-hybridized carbons (Fsp3) is 0.130. The van der Waals surface area contributed by atoms with Crippen LogP contribution in [0.4, 0.5) is 10.1 Å². The largest absolute Gasteiger partial charge is 0.486 e. The van der Waals surface area contributed by atoms with Crippen molar-refractivity contribution in [3.63, 3.8) is 0 Å². The van der Waals surface area contributed by atoms with Gasteiger partial charge < -0.3 is 19.2 Å². The molecule has 4 aromatic rings. The molecule has 158 valence electrons. The molecule has 2 aromatic heterocycles. The van der Waals surface area contributed by atoms with Gasteiger partial charge in [-0.05, 0) is 48.5 Å². The van der Waals surface area contributed by atoms with Gasteiger partial charge in [0.05, 0.1) is 24.1 Å². The normalized spacial score (nSPS) is 10.6. The number of thiazole rings is 1. The number of esters is 1. The number of hydrogen-bond acceptors (Lipinski definition) is 7. The number of anilines is 1. The number of aromatic nitrogens is 1. The molecule has 0 saturated carbocycles. The Morgan fingerprint density at radius 3 is 2.71 bits per heavy atom. The number of nitrogens with one attached hydrogen (secondary N) is 1. The van der Waals surface area contributed by atoms with Crippen LogP contribution in [0.1, 0.15) is 26.8 Å². The maximum absolute atomic E-state index is 12.9. The summed E-state index contributed by atoms with van der Waals surface area (Å²) < 4.78 is 29.3. The topological polar surface area (TPSA) is 73.6 Å². The highest BCUT2D eigenvalue weighted by molar-refractivity contribution is 7.09. The number of furan rings is 1. The minimum Gasteiger partial charge on any atom is -0.486 e. The van der Waals surface area contributed by atoms with Crippen LogP contribution in [-0.4, -0.2) is 11.0 Å². The number of benzene rings is 2. The van der Waals surface area contributed by atoms with Gasteiger partial charge in [0.1, 0.15) is 35.5 Å². The highest BCUT2D eigenvalue weighted by atomic mass is 32.1. The minimum absolute atomic E-state index is 0.0540. The fourth-order valence-electron chi connectivity index (χ4n) is 2.79. The minimum atomic E-state index is -0.445. The summed E-state index contributed by atoms with van der Waals surface area (Å²) in [5.41, 5.74) is 1.73. The average molecular weight is 438 g/mol. The molecule has 0 unspecified atom stereocenters. The van der Waals surface area contributed by atoms with E-state index in [1.807, 2.05) is 29.6 Å². The number of para-hydroxylation sites is 1. The zero-order chi connectivity index (χ0) is 21.5. The summed E-state index contributed by atoms with van der Waals surface area (Å²) in [6.07, 6.45) is 1.60. The van der Waals surface area contributed by atoms with E-state index >= 15 is 0 Å². The number of carbonyl (C=O) groups is 1. The fourth-order valence-corrected chi connectivity index (χ4v) is 3.48. The Morgan fingerprint density at radius 2 is 1.90 bits per heavy atom. The van der Waals surface area contributed by atoms with E-state index in [0.717, 1.165) is 10.8 Å². The number of rotatable bonds is 9. The summed E-state index contributed by atoms with van der Waals surface area (Å²) >= 11 is 1.40. The first kappa shape index (κ1) is 20.6. The molecule has 0 aliphatic carbocycles. The first-order valence-electron chi connectivity index (χ1n) is 9.51. The molecule has 0 amide bonds. The van der Waals surface area contributed by atoms with Crippen molar-refractivity contribution < 1.29 is 23.1 Å². The van der Waals surface area contributed by atoms with Crippen LogP contribution < -0.4 is 10.1 Å². The maximum atomic E-state index is 12.9. The SMILES string of the molecule is O=C(OCc1csc(COc2ccc(F)cc2)n1)c1ccccc1NCc1ccco1. The van der Waals surface area contributed by atoms with Gasteiger partial charge in [0.15, 0.2) is 0 Å². The monoisotopic (exact) mass is 438 g/mol. The van der Waals surface area contributed by atoms with Crippen LogP contribution in [0.25, 0.3) is 0 Å². The Balaban J connectivity index is 1.30. The van der Waals surface area contributed by atoms with Gasteiger partial charge in [0.25, 0.3) is 0 Å². The van der Waals surface area contributed by atoms with E-state index in [4.69, 9.17) is 13.9 Å². The summed E-state index contributed by atoms with van der Waals surface area (Å²) in [5, 5.41) is 5.74. The van der Waals surface area contributed by atoms with E-state index < -0.39 is 5.97 Å². The van der Waals surface area contributed by atoms with Crippen LogP contribution in [0.2, 0.25) is 0 Å². The molecule has 31 heavy (non-hydrogen) atoms. The quantitative estimate of drug-likeness (QED) is 0.352. The molecular weight excluding hydrogens is 419 g/mol. The second-order valence-electron chi connectivity index (χ2n) is 6.53. The first-order valence-corrected chi connectivity index (χ1v) is 10.4. The smallest absolute Gasteiger partial charge is 0.340 e. The Kier molecular flexibility index (Phi) is 6.59. The Morgan fingerprint density at radius 1 is 1.06 bits per heavy atom. The van der Waals surface area contributed by atoms with Gasteiger partial charge in [-0.15, -0.1) is 11.3 Å². The van der Waals surface area contributed by atoms with Crippen LogP contribution in [0, 0.1) is 5.82 Å². The van der Waals surface area contributed by atoms with Crippen LogP contribution in [-0.2, 0) is 24.5 Å². The number of halogens is 1. The molecule has 8 heteroatoms. The van der Waals surface area contributed by atoms with Gasteiger partial charge in [0, 0.05) is 11.1 Å². The predicted octanol–water partition coefficient (Wildman–Crippen LogP) is 5.42. The number of ether oxygens (including phenoxy) is 2. The van der Waals surface area contributed by atoms with Crippen molar-refractivity contribution in [2.75, 3.05) is 5.32 Å². The Hall–Kier alpha value is -3.65. The summed E-state index contributed by atoms with van der Waals surface area (Å²) in [7, 11) is 0. The van der Waals surface area contributed by atoms with Gasteiger partial charge in [-0.25, -0.2) is 14.2 Å². The third-order valence-electron chi connectivity index (χ3n) is 4.31. The van der Waals surface area contributed by atoms with E-state index in [0.29, 0.717) is 29.2 Å². The molecule has 0 aliphatic rings. The highest BCUT2D eigenvalue weighted by Crippen LogP contribution is 2.20. The van der Waals surface area contributed by atoms with Crippen molar-refractivity contribution >= 4 is 23.0 Å². The summed E-state index contributed by atoms with van der Waals surface area (Å²) in [4.78, 5) is 17.0. The van der Waals surface area contributed by atoms with Gasteiger partial charge >= 0.3 is 5.97 Å². The second kappa shape index (κ2) is 9.90. The van der Waals surface area contributed by atoms with Crippen LogP contribution in [0.5, 0.6) is 5.75 Å². The molecule has 1 N–H and O–H groups in total. The van der Waals surface area contributed by atoms with E-state index in [9.17, 15) is 9.18 Å². The van der Waals surface area contributed by atoms with Crippen molar-refractivity contribution in [1.29, 1.82) is 0 Å². The third-order valence-corrected chi connectivity index (χ3v) is 5.18. The molecule has 0 atom stereocenters. The van der Waals surface area contributed by atoms with Crippen molar-refractivity contribution in [3.8, 4) is 5.75 Å². The van der Waals surface area contributed by atoms with Crippen molar-refractivity contribution in [2.45, 2.75) is 19.8 Å². The average Bonchev–Trinajstić information content (AvgIpc) is 3.48. The van der Waals surface area contributed by atoms with Gasteiger partial charge in [-0.2, -0.15) is 0 Å². The Labute approximate surface area is 182 Å². The number of nitrogens with zero attached hydrogens (tertiary/aromatic N) is 1. The lowest BCUT2D eigenvalue weighted by molar-refractivity contribution is 0.0469. The van der Waals surface area contributed by atoms with Crippen LogP contribution in [0.3, 0.4) is 0 Å². The van der Waals surface area contributed by atoms with E-state index in [2.05, 4.69) is 10.3 Å². The van der Waals surface area contributed by atoms with Crippen molar-refractivity contribution in [2.24, 2.45) is 0 Å². The molecule has 2 aromatic carbocycles.